The zero-order valence-electron chi connectivity index (χ0n) is 19.6. The lowest BCUT2D eigenvalue weighted by atomic mass is 10.1. The molecule has 9 nitrogen and oxygen atoms in total. The number of rotatable bonds is 8. The van der Waals surface area contributed by atoms with Crippen molar-refractivity contribution in [2.45, 2.75) is 20.0 Å². The Kier molecular flexibility index (Phi) is 7.69. The molecule has 0 bridgehead atoms. The van der Waals surface area contributed by atoms with Crippen LogP contribution in [0.2, 0.25) is 0 Å². The molecule has 1 aromatic carbocycles. The van der Waals surface area contributed by atoms with E-state index in [0.717, 1.165) is 55.4 Å². The largest absolute Gasteiger partial charge is 0.447 e. The summed E-state index contributed by atoms with van der Waals surface area (Å²) in [6.07, 6.45) is 4.76. The van der Waals surface area contributed by atoms with Crippen molar-refractivity contribution >= 4 is 11.9 Å². The fraction of sp³-hybridized carbons (Fsp3) is 0.417. The van der Waals surface area contributed by atoms with E-state index in [0.29, 0.717) is 6.54 Å². The molecule has 34 heavy (non-hydrogen) atoms. The van der Waals surface area contributed by atoms with Gasteiger partial charge in [0.2, 0.25) is 0 Å². The molecule has 3 heterocycles. The van der Waals surface area contributed by atoms with E-state index < -0.39 is 12.8 Å². The van der Waals surface area contributed by atoms with Crippen molar-refractivity contribution in [1.29, 1.82) is 0 Å². The predicted molar refractivity (Wildman–Crippen MR) is 127 cm³/mol. The number of hydrogen-bond acceptors (Lipinski definition) is 7. The quantitative estimate of drug-likeness (QED) is 0.545. The van der Waals surface area contributed by atoms with Gasteiger partial charge in [-0.25, -0.2) is 14.2 Å². The first-order valence-corrected chi connectivity index (χ1v) is 11.4. The summed E-state index contributed by atoms with van der Waals surface area (Å²) < 4.78 is 18.7. The Morgan fingerprint density at radius 3 is 2.53 bits per heavy atom. The van der Waals surface area contributed by atoms with Gasteiger partial charge >= 0.3 is 6.09 Å². The number of benzene rings is 1. The first-order chi connectivity index (χ1) is 16.5. The third-order valence-corrected chi connectivity index (χ3v) is 6.06. The van der Waals surface area contributed by atoms with Crippen molar-refractivity contribution in [3.05, 3.63) is 59.7 Å². The van der Waals surface area contributed by atoms with Crippen LogP contribution in [-0.4, -0.2) is 70.2 Å². The molecule has 2 aromatic heterocycles. The van der Waals surface area contributed by atoms with Crippen LogP contribution in [-0.2, 0) is 24.9 Å². The maximum absolute atomic E-state index is 12.1. The summed E-state index contributed by atoms with van der Waals surface area (Å²) in [5.74, 6) is 0.875. The molecule has 3 aromatic rings. The number of aromatic nitrogens is 4. The van der Waals surface area contributed by atoms with Crippen molar-refractivity contribution in [3.8, 4) is 11.3 Å². The van der Waals surface area contributed by atoms with Gasteiger partial charge in [0.1, 0.15) is 19.0 Å². The zero-order valence-corrected chi connectivity index (χ0v) is 19.6. The summed E-state index contributed by atoms with van der Waals surface area (Å²) >= 11 is 0. The van der Waals surface area contributed by atoms with Crippen molar-refractivity contribution in [3.63, 3.8) is 0 Å². The number of carbonyl (C=O) groups excluding carboxylic acids is 1. The van der Waals surface area contributed by atoms with Crippen molar-refractivity contribution < 1.29 is 13.9 Å². The molecule has 1 fully saturated rings. The second-order valence-electron chi connectivity index (χ2n) is 8.25. The van der Waals surface area contributed by atoms with E-state index in [2.05, 4.69) is 41.8 Å². The molecule has 180 valence electrons. The molecule has 1 amide bonds. The number of alkyl halides is 1. The van der Waals surface area contributed by atoms with Gasteiger partial charge in [0.05, 0.1) is 6.20 Å². The number of alkyl carbamates (subject to hydrolysis) is 1. The minimum absolute atomic E-state index is 0.239. The van der Waals surface area contributed by atoms with E-state index in [-0.39, 0.29) is 6.61 Å². The summed E-state index contributed by atoms with van der Waals surface area (Å²) in [7, 11) is 1.97. The lowest BCUT2D eigenvalue weighted by Crippen LogP contribution is -2.46. The van der Waals surface area contributed by atoms with E-state index in [1.54, 1.807) is 12.4 Å². The molecular formula is C24H30FN7O2. The Balaban J connectivity index is 1.37. The van der Waals surface area contributed by atoms with Crippen LogP contribution in [0.15, 0.2) is 42.9 Å². The molecule has 4 rings (SSSR count). The number of amides is 1. The fourth-order valence-corrected chi connectivity index (χ4v) is 3.96. The van der Waals surface area contributed by atoms with Gasteiger partial charge in [-0.2, -0.15) is 5.10 Å². The van der Waals surface area contributed by atoms with Gasteiger partial charge in [-0.05, 0) is 12.5 Å². The topological polar surface area (TPSA) is 88.4 Å². The SMILES string of the molecule is Cc1c(CN2CCN(c3nccnc3-c3ccc(CNC(=O)OCCF)cc3)CC2)cnn1C. The van der Waals surface area contributed by atoms with Crippen LogP contribution in [0.25, 0.3) is 11.3 Å². The van der Waals surface area contributed by atoms with E-state index in [9.17, 15) is 9.18 Å². The molecular weight excluding hydrogens is 437 g/mol. The number of anilines is 1. The number of nitrogens with one attached hydrogen (secondary N) is 1. The minimum atomic E-state index is -0.693. The molecule has 1 aliphatic heterocycles. The molecule has 1 N–H and O–H groups in total. The molecule has 0 radical (unpaired) electrons. The monoisotopic (exact) mass is 467 g/mol. The fourth-order valence-electron chi connectivity index (χ4n) is 3.96. The normalized spacial score (nSPS) is 14.3. The number of aryl methyl sites for hydroxylation is 1. The third kappa shape index (κ3) is 5.69. The Labute approximate surface area is 198 Å². The van der Waals surface area contributed by atoms with Crippen LogP contribution in [0.5, 0.6) is 0 Å². The number of halogens is 1. The first kappa shape index (κ1) is 23.6. The number of hydrogen-bond donors (Lipinski definition) is 1. The van der Waals surface area contributed by atoms with Crippen LogP contribution in [0.4, 0.5) is 15.0 Å². The average Bonchev–Trinajstić information content (AvgIpc) is 3.19. The van der Waals surface area contributed by atoms with Gasteiger partial charge in [-0.15, -0.1) is 0 Å². The number of nitrogens with zero attached hydrogens (tertiary/aromatic N) is 6. The van der Waals surface area contributed by atoms with Gasteiger partial charge in [-0.3, -0.25) is 14.6 Å². The Bertz CT molecular complexity index is 1090. The van der Waals surface area contributed by atoms with Gasteiger partial charge < -0.3 is 15.0 Å². The second-order valence-corrected chi connectivity index (χ2v) is 8.25. The van der Waals surface area contributed by atoms with Gasteiger partial charge in [0.15, 0.2) is 5.82 Å². The highest BCUT2D eigenvalue weighted by Gasteiger charge is 2.22. The van der Waals surface area contributed by atoms with Crippen LogP contribution in [0.3, 0.4) is 0 Å². The molecule has 0 atom stereocenters. The number of ether oxygens (including phenoxy) is 1. The van der Waals surface area contributed by atoms with Crippen molar-refractivity contribution in [2.24, 2.45) is 7.05 Å². The maximum Gasteiger partial charge on any atom is 0.407 e. The highest BCUT2D eigenvalue weighted by molar-refractivity contribution is 5.72. The Hall–Kier alpha value is -3.53. The smallest absolute Gasteiger partial charge is 0.407 e. The summed E-state index contributed by atoms with van der Waals surface area (Å²) in [5.41, 5.74) is 5.17. The zero-order chi connectivity index (χ0) is 23.9. The van der Waals surface area contributed by atoms with Crippen LogP contribution < -0.4 is 10.2 Å². The molecule has 1 saturated heterocycles. The summed E-state index contributed by atoms with van der Waals surface area (Å²) in [5, 5.41) is 6.96. The minimum Gasteiger partial charge on any atom is -0.447 e. The number of piperazine rings is 1. The van der Waals surface area contributed by atoms with Crippen molar-refractivity contribution in [1.82, 2.24) is 30.0 Å². The van der Waals surface area contributed by atoms with Gasteiger partial charge in [-0.1, -0.05) is 24.3 Å². The standard InChI is InChI=1S/C24H30FN7O2/c1-18-21(16-29-30(18)2)17-31-10-12-32(13-11-31)23-22(26-8-9-27-23)20-5-3-19(4-6-20)15-28-24(33)34-14-7-25/h3-6,8-9,16H,7,10-15,17H2,1-2H3,(H,28,33). The van der Waals surface area contributed by atoms with E-state index >= 15 is 0 Å². The van der Waals surface area contributed by atoms with E-state index in [1.807, 2.05) is 42.2 Å². The predicted octanol–water partition coefficient (Wildman–Crippen LogP) is 2.70. The van der Waals surface area contributed by atoms with Gasteiger partial charge in [0.25, 0.3) is 0 Å². The molecule has 0 saturated carbocycles. The summed E-state index contributed by atoms with van der Waals surface area (Å²) in [6.45, 7) is 5.99. The summed E-state index contributed by atoms with van der Waals surface area (Å²) in [4.78, 5) is 25.5. The highest BCUT2D eigenvalue weighted by Crippen LogP contribution is 2.28. The molecule has 10 heteroatoms. The molecule has 1 aliphatic rings. The maximum atomic E-state index is 12.1. The molecule has 0 unspecified atom stereocenters. The molecule has 0 aliphatic carbocycles. The van der Waals surface area contributed by atoms with Crippen LogP contribution in [0, 0.1) is 6.92 Å². The lowest BCUT2D eigenvalue weighted by molar-refractivity contribution is 0.137. The Morgan fingerprint density at radius 1 is 1.12 bits per heavy atom. The van der Waals surface area contributed by atoms with Crippen LogP contribution >= 0.6 is 0 Å². The average molecular weight is 468 g/mol. The van der Waals surface area contributed by atoms with Gasteiger partial charge in [0, 0.05) is 75.5 Å². The van der Waals surface area contributed by atoms with E-state index in [4.69, 9.17) is 0 Å². The number of carbonyl (C=O) groups is 1. The third-order valence-electron chi connectivity index (χ3n) is 6.06. The second kappa shape index (κ2) is 11.1. The molecule has 0 spiro atoms. The lowest BCUT2D eigenvalue weighted by Gasteiger charge is -2.35. The van der Waals surface area contributed by atoms with E-state index in [1.165, 1.54) is 11.3 Å². The summed E-state index contributed by atoms with van der Waals surface area (Å²) in [6, 6.07) is 7.80. The Morgan fingerprint density at radius 2 is 1.85 bits per heavy atom. The van der Waals surface area contributed by atoms with Crippen molar-refractivity contribution in [2.75, 3.05) is 44.4 Å². The first-order valence-electron chi connectivity index (χ1n) is 11.4. The van der Waals surface area contributed by atoms with Crippen LogP contribution in [0.1, 0.15) is 16.8 Å². The highest BCUT2D eigenvalue weighted by atomic mass is 19.1.